The summed E-state index contributed by atoms with van der Waals surface area (Å²) in [5.41, 5.74) is 0.233. The molecule has 4 rings (SSSR count). The van der Waals surface area contributed by atoms with Gasteiger partial charge in [-0.3, -0.25) is 9.69 Å². The number of carbonyl (C=O) groups is 1. The molecule has 2 aromatic carbocycles. The maximum atomic E-state index is 13.5. The van der Waals surface area contributed by atoms with Crippen LogP contribution in [0.25, 0.3) is 0 Å². The van der Waals surface area contributed by atoms with Crippen LogP contribution in [0.3, 0.4) is 0 Å². The van der Waals surface area contributed by atoms with E-state index >= 15 is 0 Å². The maximum absolute atomic E-state index is 13.5. The van der Waals surface area contributed by atoms with Crippen LogP contribution in [0.5, 0.6) is 5.75 Å². The molecule has 1 saturated carbocycles. The normalized spacial score (nSPS) is 27.0. The van der Waals surface area contributed by atoms with E-state index in [1.807, 2.05) is 0 Å². The fourth-order valence-electron chi connectivity index (χ4n) is 4.53. The van der Waals surface area contributed by atoms with Gasteiger partial charge in [0, 0.05) is 18.1 Å². The molecule has 0 radical (unpaired) electrons. The Morgan fingerprint density at radius 1 is 1.03 bits per heavy atom. The highest BCUT2D eigenvalue weighted by atomic mass is 19.1. The molecule has 4 atom stereocenters. The van der Waals surface area contributed by atoms with E-state index in [0.29, 0.717) is 12.2 Å². The third kappa shape index (κ3) is 4.63. The van der Waals surface area contributed by atoms with Crippen LogP contribution in [0.4, 0.5) is 8.78 Å². The summed E-state index contributed by atoms with van der Waals surface area (Å²) in [6.45, 7) is 1.67. The van der Waals surface area contributed by atoms with Gasteiger partial charge in [-0.2, -0.15) is 0 Å². The second-order valence-electron chi connectivity index (χ2n) is 8.02. The molecule has 2 aromatic rings. The molecule has 0 aromatic heterocycles. The first kappa shape index (κ1) is 20.8. The van der Waals surface area contributed by atoms with Crippen molar-refractivity contribution in [3.63, 3.8) is 0 Å². The second-order valence-corrected chi connectivity index (χ2v) is 8.02. The van der Waals surface area contributed by atoms with Crippen LogP contribution in [0, 0.1) is 11.6 Å². The van der Waals surface area contributed by atoms with Crippen molar-refractivity contribution in [2.24, 2.45) is 0 Å². The number of ether oxygens (including phenoxy) is 1. The Labute approximate surface area is 174 Å². The van der Waals surface area contributed by atoms with Gasteiger partial charge in [-0.1, -0.05) is 18.6 Å². The van der Waals surface area contributed by atoms with Crippen LogP contribution < -0.4 is 10.1 Å². The van der Waals surface area contributed by atoms with Gasteiger partial charge in [0.05, 0.1) is 12.1 Å². The molecule has 1 aliphatic carbocycles. The van der Waals surface area contributed by atoms with E-state index in [4.69, 9.17) is 4.74 Å². The summed E-state index contributed by atoms with van der Waals surface area (Å²) in [7, 11) is 0. The fraction of sp³-hybridized carbons (Fsp3) is 0.435. The molecule has 160 valence electrons. The molecular weight excluding hydrogens is 390 g/mol. The van der Waals surface area contributed by atoms with Gasteiger partial charge < -0.3 is 15.2 Å². The molecule has 7 heteroatoms. The molecule has 1 amide bonds. The lowest BCUT2D eigenvalue weighted by atomic mass is 10.0. The molecule has 0 unspecified atom stereocenters. The maximum Gasteiger partial charge on any atom is 0.251 e. The molecule has 2 aliphatic rings. The number of aliphatic hydroxyl groups is 1. The predicted octanol–water partition coefficient (Wildman–Crippen LogP) is 3.13. The average Bonchev–Trinajstić information content (AvgIpc) is 3.03. The number of amides is 1. The first-order valence-corrected chi connectivity index (χ1v) is 10.4. The Hall–Kier alpha value is -2.51. The zero-order chi connectivity index (χ0) is 21.1. The quantitative estimate of drug-likeness (QED) is 0.786. The minimum Gasteiger partial charge on any atom is -0.487 e. The van der Waals surface area contributed by atoms with Crippen molar-refractivity contribution in [1.29, 1.82) is 0 Å². The van der Waals surface area contributed by atoms with Crippen LogP contribution in [0.1, 0.15) is 36.0 Å². The number of likely N-dealkylation sites (tertiary alicyclic amines) is 1. The fourth-order valence-corrected chi connectivity index (χ4v) is 4.53. The standard InChI is InChI=1S/C23H26F2N2O3/c24-16-7-4-6-15(12-16)23(29)26-19-14-20(30-18-9-5-8-17(25)13-18)22(28)21(19)27-10-2-1-3-11-27/h4-9,12-13,19-22,28H,1-3,10-11,14H2,(H,26,29)/t19-,20-,21+,22+/m1/s1. The average molecular weight is 416 g/mol. The monoisotopic (exact) mass is 416 g/mol. The zero-order valence-corrected chi connectivity index (χ0v) is 16.6. The van der Waals surface area contributed by atoms with Crippen molar-refractivity contribution in [3.05, 3.63) is 65.7 Å². The van der Waals surface area contributed by atoms with Gasteiger partial charge in [-0.25, -0.2) is 8.78 Å². The summed E-state index contributed by atoms with van der Waals surface area (Å²) in [5.74, 6) is -0.939. The number of nitrogens with zero attached hydrogens (tertiary/aromatic N) is 1. The number of benzene rings is 2. The Morgan fingerprint density at radius 3 is 2.43 bits per heavy atom. The molecule has 2 fully saturated rings. The SMILES string of the molecule is O=C(N[C@@H]1C[C@@H](Oc2cccc(F)c2)[C@H](O)[C@H]1N1CCCCC1)c1cccc(F)c1. The van der Waals surface area contributed by atoms with Crippen molar-refractivity contribution < 1.29 is 23.4 Å². The van der Waals surface area contributed by atoms with Gasteiger partial charge in [0.25, 0.3) is 5.91 Å². The summed E-state index contributed by atoms with van der Waals surface area (Å²) < 4.78 is 33.0. The van der Waals surface area contributed by atoms with E-state index in [9.17, 15) is 18.7 Å². The topological polar surface area (TPSA) is 61.8 Å². The Morgan fingerprint density at radius 2 is 1.73 bits per heavy atom. The minimum atomic E-state index is -0.843. The van der Waals surface area contributed by atoms with E-state index < -0.39 is 23.8 Å². The van der Waals surface area contributed by atoms with E-state index in [-0.39, 0.29) is 23.6 Å². The molecular formula is C23H26F2N2O3. The Bertz CT molecular complexity index is 888. The van der Waals surface area contributed by atoms with Crippen molar-refractivity contribution in [3.8, 4) is 5.75 Å². The van der Waals surface area contributed by atoms with Crippen LogP contribution in [-0.2, 0) is 0 Å². The van der Waals surface area contributed by atoms with Crippen LogP contribution in [-0.4, -0.2) is 53.3 Å². The van der Waals surface area contributed by atoms with Gasteiger partial charge in [-0.15, -0.1) is 0 Å². The molecule has 1 heterocycles. The first-order valence-electron chi connectivity index (χ1n) is 10.4. The molecule has 5 nitrogen and oxygen atoms in total. The number of carbonyl (C=O) groups excluding carboxylic acids is 1. The third-order valence-corrected chi connectivity index (χ3v) is 5.93. The van der Waals surface area contributed by atoms with Crippen LogP contribution in [0.2, 0.25) is 0 Å². The summed E-state index contributed by atoms with van der Waals surface area (Å²) >= 11 is 0. The summed E-state index contributed by atoms with van der Waals surface area (Å²) in [6.07, 6.45) is 2.15. The van der Waals surface area contributed by atoms with Crippen molar-refractivity contribution in [2.45, 2.75) is 50.0 Å². The molecule has 0 bridgehead atoms. The minimum absolute atomic E-state index is 0.233. The Kier molecular flexibility index (Phi) is 6.29. The number of halogens is 2. The second kappa shape index (κ2) is 9.10. The largest absolute Gasteiger partial charge is 0.487 e. The third-order valence-electron chi connectivity index (χ3n) is 5.93. The molecule has 1 saturated heterocycles. The number of hydrogen-bond donors (Lipinski definition) is 2. The summed E-state index contributed by atoms with van der Waals surface area (Å²) in [6, 6.07) is 10.6. The lowest BCUT2D eigenvalue weighted by Crippen LogP contribution is -2.54. The molecule has 1 aliphatic heterocycles. The predicted molar refractivity (Wildman–Crippen MR) is 108 cm³/mol. The highest BCUT2D eigenvalue weighted by Gasteiger charge is 2.47. The smallest absolute Gasteiger partial charge is 0.251 e. The van der Waals surface area contributed by atoms with Crippen molar-refractivity contribution in [2.75, 3.05) is 13.1 Å². The highest BCUT2D eigenvalue weighted by molar-refractivity contribution is 5.94. The lowest BCUT2D eigenvalue weighted by molar-refractivity contribution is 0.00137. The van der Waals surface area contributed by atoms with E-state index in [0.717, 1.165) is 32.4 Å². The van der Waals surface area contributed by atoms with Gasteiger partial charge in [0.2, 0.25) is 0 Å². The number of hydrogen-bond acceptors (Lipinski definition) is 4. The Balaban J connectivity index is 1.53. The van der Waals surface area contributed by atoms with Gasteiger partial charge in [0.1, 0.15) is 29.6 Å². The highest BCUT2D eigenvalue weighted by Crippen LogP contribution is 2.31. The molecule has 0 spiro atoms. The number of nitrogens with one attached hydrogen (secondary N) is 1. The van der Waals surface area contributed by atoms with Crippen molar-refractivity contribution >= 4 is 5.91 Å². The summed E-state index contributed by atoms with van der Waals surface area (Å²) in [4.78, 5) is 14.9. The van der Waals surface area contributed by atoms with Crippen molar-refractivity contribution in [1.82, 2.24) is 10.2 Å². The van der Waals surface area contributed by atoms with Gasteiger partial charge in [0.15, 0.2) is 0 Å². The zero-order valence-electron chi connectivity index (χ0n) is 16.6. The van der Waals surface area contributed by atoms with Gasteiger partial charge >= 0.3 is 0 Å². The van der Waals surface area contributed by atoms with Crippen LogP contribution >= 0.6 is 0 Å². The first-order chi connectivity index (χ1) is 14.5. The van der Waals surface area contributed by atoms with E-state index in [2.05, 4.69) is 10.2 Å². The molecule has 30 heavy (non-hydrogen) atoms. The van der Waals surface area contributed by atoms with E-state index in [1.54, 1.807) is 18.2 Å². The lowest BCUT2D eigenvalue weighted by Gasteiger charge is -2.37. The number of aliphatic hydroxyl groups excluding tert-OH is 1. The van der Waals surface area contributed by atoms with Gasteiger partial charge in [-0.05, 0) is 56.3 Å². The van der Waals surface area contributed by atoms with E-state index in [1.165, 1.54) is 30.3 Å². The number of rotatable bonds is 5. The van der Waals surface area contributed by atoms with Crippen LogP contribution in [0.15, 0.2) is 48.5 Å². The molecule has 2 N–H and O–H groups in total. The summed E-state index contributed by atoms with van der Waals surface area (Å²) in [5, 5.41) is 14.0. The number of piperidine rings is 1.